The topological polar surface area (TPSA) is 49.4 Å². The summed E-state index contributed by atoms with van der Waals surface area (Å²) in [4.78, 5) is 0. The van der Waals surface area contributed by atoms with Crippen LogP contribution in [0.1, 0.15) is 12.1 Å². The molecule has 0 aromatic carbocycles. The van der Waals surface area contributed by atoms with Crippen molar-refractivity contribution in [3.63, 3.8) is 0 Å². The molecule has 0 saturated carbocycles. The minimum absolute atomic E-state index is 0.595. The minimum atomic E-state index is 0.595. The average Bonchev–Trinajstić information content (AvgIpc) is 2.70. The average molecular weight is 212 g/mol. The minimum Gasteiger partial charge on any atom is -0.382 e. The van der Waals surface area contributed by atoms with Gasteiger partial charge in [-0.2, -0.15) is 0 Å². The molecule has 1 aromatic rings. The Morgan fingerprint density at radius 3 is 2.93 bits per heavy atom. The standard InChI is InChI=1S/C11H20N2O2/c1-14-8-9-15-7-3-6-13-5-2-4-11(13)10-12/h2,4-5H,3,6-10,12H2,1H3. The SMILES string of the molecule is COCCOCCCn1cccc1CN. The first-order valence-corrected chi connectivity index (χ1v) is 5.29. The van der Waals surface area contributed by atoms with Gasteiger partial charge >= 0.3 is 0 Å². The molecule has 0 aliphatic heterocycles. The fourth-order valence-electron chi connectivity index (χ4n) is 1.43. The molecule has 0 aliphatic carbocycles. The monoisotopic (exact) mass is 212 g/mol. The van der Waals surface area contributed by atoms with Gasteiger partial charge in [-0.05, 0) is 18.6 Å². The fraction of sp³-hybridized carbons (Fsp3) is 0.636. The zero-order valence-electron chi connectivity index (χ0n) is 9.32. The van der Waals surface area contributed by atoms with E-state index in [0.717, 1.165) is 19.6 Å². The molecule has 1 heterocycles. The summed E-state index contributed by atoms with van der Waals surface area (Å²) in [5, 5.41) is 0. The van der Waals surface area contributed by atoms with Gasteiger partial charge in [-0.25, -0.2) is 0 Å². The van der Waals surface area contributed by atoms with Crippen LogP contribution in [0.15, 0.2) is 18.3 Å². The number of nitrogens with two attached hydrogens (primary N) is 1. The molecular weight excluding hydrogens is 192 g/mol. The molecule has 1 aromatic heterocycles. The van der Waals surface area contributed by atoms with E-state index < -0.39 is 0 Å². The second-order valence-corrected chi connectivity index (χ2v) is 3.36. The van der Waals surface area contributed by atoms with Crippen LogP contribution in [-0.4, -0.2) is 31.5 Å². The van der Waals surface area contributed by atoms with Crippen molar-refractivity contribution in [2.24, 2.45) is 5.73 Å². The lowest BCUT2D eigenvalue weighted by Gasteiger charge is -2.07. The molecule has 0 aliphatic rings. The van der Waals surface area contributed by atoms with Crippen LogP contribution in [0.5, 0.6) is 0 Å². The molecule has 0 radical (unpaired) electrons. The molecule has 15 heavy (non-hydrogen) atoms. The second-order valence-electron chi connectivity index (χ2n) is 3.36. The fourth-order valence-corrected chi connectivity index (χ4v) is 1.43. The number of aromatic nitrogens is 1. The van der Waals surface area contributed by atoms with E-state index in [-0.39, 0.29) is 0 Å². The van der Waals surface area contributed by atoms with Gasteiger partial charge in [-0.3, -0.25) is 0 Å². The molecule has 4 heteroatoms. The van der Waals surface area contributed by atoms with Crippen LogP contribution in [0.2, 0.25) is 0 Å². The number of nitrogens with zero attached hydrogens (tertiary/aromatic N) is 1. The third-order valence-electron chi connectivity index (χ3n) is 2.25. The van der Waals surface area contributed by atoms with Crippen LogP contribution in [-0.2, 0) is 22.6 Å². The number of hydrogen-bond acceptors (Lipinski definition) is 3. The summed E-state index contributed by atoms with van der Waals surface area (Å²) >= 11 is 0. The maximum atomic E-state index is 5.60. The number of methoxy groups -OCH3 is 1. The molecule has 0 atom stereocenters. The Balaban J connectivity index is 2.09. The van der Waals surface area contributed by atoms with Gasteiger partial charge in [0, 0.05) is 38.7 Å². The molecule has 0 bridgehead atoms. The van der Waals surface area contributed by atoms with Gasteiger partial charge < -0.3 is 19.8 Å². The predicted octanol–water partition coefficient (Wildman–Crippen LogP) is 1.000. The van der Waals surface area contributed by atoms with Crippen LogP contribution in [0, 0.1) is 0 Å². The van der Waals surface area contributed by atoms with E-state index >= 15 is 0 Å². The highest BCUT2D eigenvalue weighted by Gasteiger charge is 1.97. The Hall–Kier alpha value is -0.840. The van der Waals surface area contributed by atoms with Crippen LogP contribution in [0.3, 0.4) is 0 Å². The molecule has 0 amide bonds. The van der Waals surface area contributed by atoms with Crippen molar-refractivity contribution < 1.29 is 9.47 Å². The lowest BCUT2D eigenvalue weighted by Crippen LogP contribution is -2.09. The molecule has 0 fully saturated rings. The molecule has 0 unspecified atom stereocenters. The van der Waals surface area contributed by atoms with Crippen molar-refractivity contribution in [1.29, 1.82) is 0 Å². The zero-order chi connectivity index (χ0) is 10.9. The molecule has 0 saturated heterocycles. The molecule has 4 nitrogen and oxygen atoms in total. The third kappa shape index (κ3) is 4.46. The third-order valence-corrected chi connectivity index (χ3v) is 2.25. The normalized spacial score (nSPS) is 10.8. The molecule has 86 valence electrons. The Morgan fingerprint density at radius 1 is 1.33 bits per heavy atom. The van der Waals surface area contributed by atoms with E-state index in [1.165, 1.54) is 5.69 Å². The summed E-state index contributed by atoms with van der Waals surface area (Å²) in [6.07, 6.45) is 3.06. The van der Waals surface area contributed by atoms with Gasteiger partial charge in [0.05, 0.1) is 13.2 Å². The summed E-state index contributed by atoms with van der Waals surface area (Å²) < 4.78 is 12.4. The highest BCUT2D eigenvalue weighted by Crippen LogP contribution is 2.02. The van der Waals surface area contributed by atoms with Gasteiger partial charge in [0.2, 0.25) is 0 Å². The number of rotatable bonds is 8. The van der Waals surface area contributed by atoms with Crippen molar-refractivity contribution >= 4 is 0 Å². The van der Waals surface area contributed by atoms with E-state index in [1.807, 2.05) is 12.1 Å². The van der Waals surface area contributed by atoms with Crippen molar-refractivity contribution in [1.82, 2.24) is 4.57 Å². The summed E-state index contributed by atoms with van der Waals surface area (Å²) in [7, 11) is 1.68. The number of ether oxygens (including phenoxy) is 2. The second kappa shape index (κ2) is 7.45. The highest BCUT2D eigenvalue weighted by atomic mass is 16.5. The van der Waals surface area contributed by atoms with Gasteiger partial charge in [0.15, 0.2) is 0 Å². The maximum absolute atomic E-state index is 5.60. The van der Waals surface area contributed by atoms with E-state index in [0.29, 0.717) is 19.8 Å². The van der Waals surface area contributed by atoms with Crippen molar-refractivity contribution in [3.05, 3.63) is 24.0 Å². The van der Waals surface area contributed by atoms with Crippen molar-refractivity contribution in [3.8, 4) is 0 Å². The highest BCUT2D eigenvalue weighted by molar-refractivity contribution is 5.06. The lowest BCUT2D eigenvalue weighted by atomic mass is 10.4. The molecule has 1 rings (SSSR count). The summed E-state index contributed by atoms with van der Waals surface area (Å²) in [5.41, 5.74) is 6.77. The van der Waals surface area contributed by atoms with Gasteiger partial charge in [-0.15, -0.1) is 0 Å². The summed E-state index contributed by atoms with van der Waals surface area (Å²) in [5.74, 6) is 0. The molecule has 0 spiro atoms. The Kier molecular flexibility index (Phi) is 6.08. The molecule has 2 N–H and O–H groups in total. The first kappa shape index (κ1) is 12.2. The molecular formula is C11H20N2O2. The van der Waals surface area contributed by atoms with E-state index in [4.69, 9.17) is 15.2 Å². The van der Waals surface area contributed by atoms with Crippen molar-refractivity contribution in [2.75, 3.05) is 26.9 Å². The number of aryl methyl sites for hydroxylation is 1. The lowest BCUT2D eigenvalue weighted by molar-refractivity contribution is 0.0680. The summed E-state index contributed by atoms with van der Waals surface area (Å²) in [6, 6.07) is 4.07. The number of hydrogen-bond donors (Lipinski definition) is 1. The Morgan fingerprint density at radius 2 is 2.20 bits per heavy atom. The summed E-state index contributed by atoms with van der Waals surface area (Å²) in [6.45, 7) is 3.67. The largest absolute Gasteiger partial charge is 0.382 e. The zero-order valence-corrected chi connectivity index (χ0v) is 9.32. The van der Waals surface area contributed by atoms with Gasteiger partial charge in [0.25, 0.3) is 0 Å². The first-order valence-electron chi connectivity index (χ1n) is 5.29. The maximum Gasteiger partial charge on any atom is 0.0700 e. The smallest absolute Gasteiger partial charge is 0.0700 e. The van der Waals surface area contributed by atoms with Gasteiger partial charge in [-0.1, -0.05) is 0 Å². The van der Waals surface area contributed by atoms with Crippen LogP contribution in [0.4, 0.5) is 0 Å². The van der Waals surface area contributed by atoms with Gasteiger partial charge in [0.1, 0.15) is 0 Å². The van der Waals surface area contributed by atoms with E-state index in [2.05, 4.69) is 10.8 Å². The Labute approximate surface area is 91.0 Å². The quantitative estimate of drug-likeness (QED) is 0.654. The van der Waals surface area contributed by atoms with E-state index in [1.54, 1.807) is 7.11 Å². The first-order chi connectivity index (χ1) is 7.38. The van der Waals surface area contributed by atoms with Crippen LogP contribution in [0.25, 0.3) is 0 Å². The van der Waals surface area contributed by atoms with E-state index in [9.17, 15) is 0 Å². The van der Waals surface area contributed by atoms with Crippen LogP contribution < -0.4 is 5.73 Å². The van der Waals surface area contributed by atoms with Crippen molar-refractivity contribution in [2.45, 2.75) is 19.5 Å². The Bertz CT molecular complexity index is 261. The van der Waals surface area contributed by atoms with Crippen LogP contribution >= 0.6 is 0 Å². The predicted molar refractivity (Wildman–Crippen MR) is 59.6 cm³/mol.